The first-order chi connectivity index (χ1) is 21.7. The standard InChI is InChI=1S/C21H25.C13H10.C11H17.2ClH.Zr/c1-20(2,3)16-7-9-18-14(12-16)11-15-13-17(21(4,5)6)8-10-19(15)18;1-3-7-12(8-4-1)11-13-9-5-2-6-10-13;1-5-9-6-7-10(8-9)11(2,3)4;;;/h7-10,12H,11H2,1-6H3;1-10H;6,8,10H,5H2,1-4H3;2*1H;/q;;;;;+2/p-2. The minimum atomic E-state index is -2.96. The molecule has 0 radical (unpaired) electrons. The molecule has 0 aliphatic heterocycles. The number of allylic oxidation sites excluding steroid dienone is 4. The van der Waals surface area contributed by atoms with E-state index in [1.807, 2.05) is 0 Å². The normalized spacial score (nSPS) is 15.2. The van der Waals surface area contributed by atoms with Gasteiger partial charge in [-0.1, -0.05) is 0 Å². The average Bonchev–Trinajstić information content (AvgIpc) is 3.61. The van der Waals surface area contributed by atoms with E-state index in [2.05, 4.69) is 172 Å². The number of benzene rings is 4. The van der Waals surface area contributed by atoms with Crippen LogP contribution in [0.5, 0.6) is 0 Å². The summed E-state index contributed by atoms with van der Waals surface area (Å²) >= 11 is -2.96. The molecule has 4 aromatic rings. The van der Waals surface area contributed by atoms with E-state index in [0.717, 1.165) is 12.8 Å². The molecule has 3 heteroatoms. The third kappa shape index (κ3) is 7.41. The third-order valence-corrected chi connectivity index (χ3v) is 17.9. The maximum absolute atomic E-state index is 2.96. The van der Waals surface area contributed by atoms with Crippen LogP contribution in [0.4, 0.5) is 0 Å². The van der Waals surface area contributed by atoms with Gasteiger partial charge in [-0.25, -0.2) is 0 Å². The van der Waals surface area contributed by atoms with Crippen molar-refractivity contribution in [2.75, 3.05) is 0 Å². The fraction of sp³-hybridized carbons (Fsp3) is 0.356. The summed E-state index contributed by atoms with van der Waals surface area (Å²) in [5, 5.41) is 0. The smallest absolute Gasteiger partial charge is 1.00 e. The van der Waals surface area contributed by atoms with Crippen molar-refractivity contribution in [3.05, 3.63) is 145 Å². The molecule has 0 nitrogen and oxygen atoms in total. The summed E-state index contributed by atoms with van der Waals surface area (Å²) in [5.41, 5.74) is 13.6. The molecule has 0 amide bonds. The van der Waals surface area contributed by atoms with Crippen LogP contribution in [0, 0.1) is 11.3 Å². The van der Waals surface area contributed by atoms with E-state index >= 15 is 0 Å². The largest absolute Gasteiger partial charge is 1.00 e. The fourth-order valence-electron chi connectivity index (χ4n) is 7.54. The van der Waals surface area contributed by atoms with E-state index in [0.29, 0.717) is 5.92 Å². The zero-order chi connectivity index (χ0) is 33.0. The van der Waals surface area contributed by atoms with Gasteiger partial charge in [0.2, 0.25) is 0 Å². The topological polar surface area (TPSA) is 0 Å². The van der Waals surface area contributed by atoms with Crippen molar-refractivity contribution in [1.82, 2.24) is 0 Å². The van der Waals surface area contributed by atoms with Gasteiger partial charge in [0.25, 0.3) is 0 Å². The van der Waals surface area contributed by atoms with Crippen molar-refractivity contribution in [3.8, 4) is 11.1 Å². The molecule has 0 heterocycles. The molecule has 0 bridgehead atoms. The molecule has 6 rings (SSSR count). The molecule has 0 spiro atoms. The quantitative estimate of drug-likeness (QED) is 0.230. The summed E-state index contributed by atoms with van der Waals surface area (Å²) in [7, 11) is 0. The van der Waals surface area contributed by atoms with Gasteiger partial charge in [-0.05, 0) is 0 Å². The van der Waals surface area contributed by atoms with Crippen molar-refractivity contribution >= 4 is 6.48 Å². The summed E-state index contributed by atoms with van der Waals surface area (Å²) in [6.45, 7) is 24.0. The Hall–Kier alpha value is -2.31. The van der Waals surface area contributed by atoms with Crippen LogP contribution < -0.4 is 28.1 Å². The second kappa shape index (κ2) is 14.5. The summed E-state index contributed by atoms with van der Waals surface area (Å²) in [6, 6.07) is 35.1. The van der Waals surface area contributed by atoms with Gasteiger partial charge in [0.05, 0.1) is 0 Å². The summed E-state index contributed by atoms with van der Waals surface area (Å²) < 4.78 is 5.06. The first-order valence-electron chi connectivity index (χ1n) is 17.3. The van der Waals surface area contributed by atoms with Crippen molar-refractivity contribution in [3.63, 3.8) is 0 Å². The Morgan fingerprint density at radius 2 is 1.25 bits per heavy atom. The Bertz CT molecular complexity index is 1830. The number of rotatable bonds is 5. The molecule has 0 N–H and O–H groups in total. The minimum Gasteiger partial charge on any atom is -1.00 e. The van der Waals surface area contributed by atoms with Crippen molar-refractivity contribution in [1.29, 1.82) is 0 Å². The van der Waals surface area contributed by atoms with Crippen molar-refractivity contribution in [2.45, 2.75) is 92.9 Å². The van der Waals surface area contributed by atoms with Crippen molar-refractivity contribution < 1.29 is 46.1 Å². The molecule has 2 aliphatic carbocycles. The van der Waals surface area contributed by atoms with Crippen LogP contribution >= 0.6 is 0 Å². The van der Waals surface area contributed by atoms with E-state index in [-0.39, 0.29) is 41.1 Å². The van der Waals surface area contributed by atoms with E-state index in [1.54, 1.807) is 20.9 Å². The van der Waals surface area contributed by atoms with Gasteiger partial charge in [0, 0.05) is 0 Å². The first-order valence-corrected chi connectivity index (χ1v) is 21.0. The van der Waals surface area contributed by atoms with Crippen LogP contribution in [0.15, 0.2) is 112 Å². The molecule has 2 aliphatic rings. The SMILES string of the molecule is CCC1=CC(C(C)(C)C)[C]([Zr+2](=[C](c2ccccc2)c2ccccc2)[c]2c(C(C)(C)C)ccc3c2Cc2cc(C(C)(C)C)ccc2-3)=C1.[Cl-].[Cl-]. The van der Waals surface area contributed by atoms with Crippen molar-refractivity contribution in [2.24, 2.45) is 11.3 Å². The maximum atomic E-state index is 2.67. The van der Waals surface area contributed by atoms with E-state index < -0.39 is 21.3 Å². The van der Waals surface area contributed by atoms with Crippen LogP contribution in [-0.4, -0.2) is 3.21 Å². The molecule has 1 unspecified atom stereocenters. The molecule has 0 saturated heterocycles. The Labute approximate surface area is 311 Å². The van der Waals surface area contributed by atoms with Crippen LogP contribution in [0.2, 0.25) is 0 Å². The summed E-state index contributed by atoms with van der Waals surface area (Å²) in [6.07, 6.45) is 7.41. The van der Waals surface area contributed by atoms with Gasteiger partial charge in [0.15, 0.2) is 0 Å². The van der Waals surface area contributed by atoms with Gasteiger partial charge in [-0.3, -0.25) is 0 Å². The maximum Gasteiger partial charge on any atom is -1.00 e. The molecular formula is C45H52Cl2Zr. The van der Waals surface area contributed by atoms with E-state index in [1.165, 1.54) is 39.0 Å². The van der Waals surface area contributed by atoms with Crippen LogP contribution in [0.1, 0.15) is 109 Å². The number of hydrogen-bond acceptors (Lipinski definition) is 0. The zero-order valence-electron chi connectivity index (χ0n) is 30.6. The molecule has 250 valence electrons. The second-order valence-electron chi connectivity index (χ2n) is 16.6. The Morgan fingerprint density at radius 1 is 0.688 bits per heavy atom. The summed E-state index contributed by atoms with van der Waals surface area (Å²) in [4.78, 5) is 0. The van der Waals surface area contributed by atoms with E-state index in [4.69, 9.17) is 0 Å². The monoisotopic (exact) mass is 752 g/mol. The average molecular weight is 755 g/mol. The second-order valence-corrected chi connectivity index (χ2v) is 22.3. The predicted octanol–water partition coefficient (Wildman–Crippen LogP) is 5.27. The molecule has 1 atom stereocenters. The number of halogens is 2. The van der Waals surface area contributed by atoms with Gasteiger partial charge in [-0.15, -0.1) is 0 Å². The predicted molar refractivity (Wildman–Crippen MR) is 197 cm³/mol. The molecular weight excluding hydrogens is 703 g/mol. The Kier molecular flexibility index (Phi) is 11.6. The Morgan fingerprint density at radius 3 is 1.75 bits per heavy atom. The molecule has 0 fully saturated rings. The third-order valence-electron chi connectivity index (χ3n) is 10.1. The molecule has 0 saturated carbocycles. The van der Waals surface area contributed by atoms with Gasteiger partial charge < -0.3 is 24.8 Å². The number of fused-ring (bicyclic) bond motifs is 3. The first kappa shape index (κ1) is 38.5. The Balaban J connectivity index is 0.00000260. The van der Waals surface area contributed by atoms with E-state index in [9.17, 15) is 0 Å². The molecule has 0 aromatic heterocycles. The minimum absolute atomic E-state index is 0. The van der Waals surface area contributed by atoms with Gasteiger partial charge >= 0.3 is 288 Å². The van der Waals surface area contributed by atoms with Crippen LogP contribution in [0.3, 0.4) is 0 Å². The number of hydrogen-bond donors (Lipinski definition) is 0. The van der Waals surface area contributed by atoms with Gasteiger partial charge in [-0.2, -0.15) is 0 Å². The fourth-order valence-corrected chi connectivity index (χ4v) is 17.7. The molecule has 48 heavy (non-hydrogen) atoms. The summed E-state index contributed by atoms with van der Waals surface area (Å²) in [5.74, 6) is 0.430. The van der Waals surface area contributed by atoms with Crippen LogP contribution in [-0.2, 0) is 38.5 Å². The van der Waals surface area contributed by atoms with Crippen LogP contribution in [0.25, 0.3) is 11.1 Å². The molecule has 4 aromatic carbocycles. The van der Waals surface area contributed by atoms with Gasteiger partial charge in [0.1, 0.15) is 0 Å². The zero-order valence-corrected chi connectivity index (χ0v) is 34.5.